The number of anilines is 2. The van der Waals surface area contributed by atoms with Crippen molar-refractivity contribution in [3.05, 3.63) is 59.4 Å². The number of hydrogen-bond donors (Lipinski definition) is 1. The minimum atomic E-state index is -0.516. The molecule has 0 spiro atoms. The molecule has 164 valence electrons. The molecule has 4 rings (SSSR count). The van der Waals surface area contributed by atoms with E-state index in [-0.39, 0.29) is 18.2 Å². The molecule has 0 saturated carbocycles. The fourth-order valence-electron chi connectivity index (χ4n) is 4.13. The van der Waals surface area contributed by atoms with Crippen molar-refractivity contribution >= 4 is 34.8 Å². The lowest BCUT2D eigenvalue weighted by molar-refractivity contribution is -0.121. The summed E-state index contributed by atoms with van der Waals surface area (Å²) in [6, 6.07) is 12.8. The zero-order valence-electron chi connectivity index (χ0n) is 17.3. The first-order valence-corrected chi connectivity index (χ1v) is 11.0. The highest BCUT2D eigenvalue weighted by Crippen LogP contribution is 2.23. The molecule has 1 N–H and O–H groups in total. The van der Waals surface area contributed by atoms with Crippen molar-refractivity contribution in [1.82, 2.24) is 10.2 Å². The van der Waals surface area contributed by atoms with Gasteiger partial charge in [-0.1, -0.05) is 17.7 Å². The molecule has 0 aliphatic carbocycles. The maximum Gasteiger partial charge on any atom is 0.251 e. The Morgan fingerprint density at radius 2 is 1.74 bits per heavy atom. The van der Waals surface area contributed by atoms with Crippen molar-refractivity contribution in [3.63, 3.8) is 0 Å². The molecule has 31 heavy (non-hydrogen) atoms. The molecule has 0 radical (unpaired) electrons. The molecule has 1 unspecified atom stereocenters. The minimum Gasteiger partial charge on any atom is -0.369 e. The van der Waals surface area contributed by atoms with E-state index in [1.54, 1.807) is 0 Å². The first kappa shape index (κ1) is 21.7. The Morgan fingerprint density at radius 1 is 1.00 bits per heavy atom. The van der Waals surface area contributed by atoms with Crippen LogP contribution in [0.5, 0.6) is 0 Å². The highest BCUT2D eigenvalue weighted by atomic mass is 35.5. The quantitative estimate of drug-likeness (QED) is 0.525. The summed E-state index contributed by atoms with van der Waals surface area (Å²) < 4.78 is 13.1. The lowest BCUT2D eigenvalue weighted by Crippen LogP contribution is -2.47. The van der Waals surface area contributed by atoms with Gasteiger partial charge >= 0.3 is 0 Å². The van der Waals surface area contributed by atoms with Crippen LogP contribution in [0, 0.1) is 5.82 Å². The highest BCUT2D eigenvalue weighted by Gasteiger charge is 2.39. The van der Waals surface area contributed by atoms with Gasteiger partial charge in [0.05, 0.1) is 18.2 Å². The molecule has 2 aliphatic heterocycles. The van der Waals surface area contributed by atoms with E-state index in [2.05, 4.69) is 21.2 Å². The third-order valence-electron chi connectivity index (χ3n) is 5.82. The van der Waals surface area contributed by atoms with E-state index < -0.39 is 11.9 Å². The van der Waals surface area contributed by atoms with Gasteiger partial charge < -0.3 is 10.2 Å². The zero-order chi connectivity index (χ0) is 21.8. The summed E-state index contributed by atoms with van der Waals surface area (Å²) in [5.74, 6) is -0.927. The average Bonchev–Trinajstić information content (AvgIpc) is 3.05. The van der Waals surface area contributed by atoms with Crippen molar-refractivity contribution < 1.29 is 14.0 Å². The van der Waals surface area contributed by atoms with Crippen LogP contribution in [-0.2, 0) is 9.59 Å². The standard InChI is InChI=1S/C23H26ClFN4O2/c24-17-3-1-4-20(15-17)28-13-11-27(12-14-28)10-2-9-26-21-16-22(30)29(23(21)31)19-7-5-18(25)6-8-19/h1,3-8,15,21,26H,2,9-14,16H2. The molecule has 0 bridgehead atoms. The van der Waals surface area contributed by atoms with Gasteiger partial charge in [0.25, 0.3) is 5.91 Å². The van der Waals surface area contributed by atoms with Crippen molar-refractivity contribution in [2.24, 2.45) is 0 Å². The SMILES string of the molecule is O=C1CC(NCCCN2CCN(c3cccc(Cl)c3)CC2)C(=O)N1c1ccc(F)cc1. The van der Waals surface area contributed by atoms with Crippen LogP contribution in [0.3, 0.4) is 0 Å². The number of rotatable bonds is 7. The van der Waals surface area contributed by atoms with Crippen molar-refractivity contribution in [2.75, 3.05) is 49.1 Å². The number of halogens is 2. The van der Waals surface area contributed by atoms with Gasteiger partial charge in [0.15, 0.2) is 0 Å². The fraction of sp³-hybridized carbons (Fsp3) is 0.391. The number of imide groups is 1. The van der Waals surface area contributed by atoms with E-state index in [1.807, 2.05) is 18.2 Å². The molecule has 6 nitrogen and oxygen atoms in total. The molecule has 2 heterocycles. The summed E-state index contributed by atoms with van der Waals surface area (Å²) in [6.45, 7) is 5.46. The number of benzene rings is 2. The minimum absolute atomic E-state index is 0.133. The smallest absolute Gasteiger partial charge is 0.251 e. The largest absolute Gasteiger partial charge is 0.369 e. The Balaban J connectivity index is 1.19. The molecule has 2 amide bonds. The van der Waals surface area contributed by atoms with Crippen molar-refractivity contribution in [2.45, 2.75) is 18.9 Å². The molecular formula is C23H26ClFN4O2. The number of amides is 2. The summed E-state index contributed by atoms with van der Waals surface area (Å²) in [5, 5.41) is 3.97. The second-order valence-corrected chi connectivity index (χ2v) is 8.35. The molecule has 2 aliphatic rings. The Labute approximate surface area is 186 Å². The molecule has 1 atom stereocenters. The van der Waals surface area contributed by atoms with E-state index in [4.69, 9.17) is 11.6 Å². The number of piperazine rings is 1. The van der Waals surface area contributed by atoms with Crippen LogP contribution in [-0.4, -0.2) is 62.0 Å². The number of nitrogens with one attached hydrogen (secondary N) is 1. The monoisotopic (exact) mass is 444 g/mol. The molecule has 2 aromatic carbocycles. The Kier molecular flexibility index (Phi) is 6.85. The van der Waals surface area contributed by atoms with Gasteiger partial charge in [-0.3, -0.25) is 14.5 Å². The number of hydrogen-bond acceptors (Lipinski definition) is 5. The van der Waals surface area contributed by atoms with Crippen LogP contribution in [0.15, 0.2) is 48.5 Å². The van der Waals surface area contributed by atoms with Gasteiger partial charge in [0, 0.05) is 36.9 Å². The first-order chi connectivity index (χ1) is 15.0. The van der Waals surface area contributed by atoms with Crippen LogP contribution in [0.2, 0.25) is 5.02 Å². The third-order valence-corrected chi connectivity index (χ3v) is 6.05. The van der Waals surface area contributed by atoms with Gasteiger partial charge in [-0.15, -0.1) is 0 Å². The zero-order valence-corrected chi connectivity index (χ0v) is 18.0. The van der Waals surface area contributed by atoms with Crippen LogP contribution in [0.1, 0.15) is 12.8 Å². The summed E-state index contributed by atoms with van der Waals surface area (Å²) in [4.78, 5) is 30.8. The highest BCUT2D eigenvalue weighted by molar-refractivity contribution is 6.30. The van der Waals surface area contributed by atoms with Crippen LogP contribution >= 0.6 is 11.6 Å². The van der Waals surface area contributed by atoms with Crippen molar-refractivity contribution in [3.8, 4) is 0 Å². The number of nitrogens with zero attached hydrogens (tertiary/aromatic N) is 3. The fourth-order valence-corrected chi connectivity index (χ4v) is 4.32. The van der Waals surface area contributed by atoms with E-state index in [9.17, 15) is 14.0 Å². The number of carbonyl (C=O) groups excluding carboxylic acids is 2. The number of carbonyl (C=O) groups is 2. The van der Waals surface area contributed by atoms with Gasteiger partial charge in [-0.2, -0.15) is 0 Å². The molecule has 0 aromatic heterocycles. The Bertz CT molecular complexity index is 931. The lowest BCUT2D eigenvalue weighted by atomic mass is 10.2. The second kappa shape index (κ2) is 9.77. The molecule has 2 saturated heterocycles. The second-order valence-electron chi connectivity index (χ2n) is 7.92. The molecule has 2 fully saturated rings. The van der Waals surface area contributed by atoms with Crippen LogP contribution in [0.25, 0.3) is 0 Å². The van der Waals surface area contributed by atoms with Crippen LogP contribution < -0.4 is 15.1 Å². The topological polar surface area (TPSA) is 55.9 Å². The Hall–Kier alpha value is -2.48. The summed E-state index contributed by atoms with van der Waals surface area (Å²) in [6.07, 6.45) is 1.03. The molecule has 2 aromatic rings. The normalized spacial score (nSPS) is 20.0. The summed E-state index contributed by atoms with van der Waals surface area (Å²) in [7, 11) is 0. The van der Waals surface area contributed by atoms with E-state index in [0.717, 1.165) is 54.8 Å². The third kappa shape index (κ3) is 5.23. The van der Waals surface area contributed by atoms with Crippen LogP contribution in [0.4, 0.5) is 15.8 Å². The van der Waals surface area contributed by atoms with Gasteiger partial charge in [-0.25, -0.2) is 9.29 Å². The maximum atomic E-state index is 13.1. The summed E-state index contributed by atoms with van der Waals surface area (Å²) >= 11 is 6.09. The molecular weight excluding hydrogens is 419 g/mol. The van der Waals surface area contributed by atoms with Gasteiger partial charge in [0.2, 0.25) is 5.91 Å². The lowest BCUT2D eigenvalue weighted by Gasteiger charge is -2.36. The molecule has 8 heteroatoms. The first-order valence-electron chi connectivity index (χ1n) is 10.6. The predicted octanol–water partition coefficient (Wildman–Crippen LogP) is 2.91. The van der Waals surface area contributed by atoms with E-state index >= 15 is 0 Å². The summed E-state index contributed by atoms with van der Waals surface area (Å²) in [5.41, 5.74) is 1.57. The average molecular weight is 445 g/mol. The Morgan fingerprint density at radius 3 is 2.45 bits per heavy atom. The van der Waals surface area contributed by atoms with Crippen molar-refractivity contribution in [1.29, 1.82) is 0 Å². The van der Waals surface area contributed by atoms with E-state index in [1.165, 1.54) is 24.3 Å². The van der Waals surface area contributed by atoms with Gasteiger partial charge in [0.1, 0.15) is 5.82 Å². The predicted molar refractivity (Wildman–Crippen MR) is 120 cm³/mol. The van der Waals surface area contributed by atoms with E-state index in [0.29, 0.717) is 12.2 Å². The van der Waals surface area contributed by atoms with Gasteiger partial charge in [-0.05, 0) is 62.0 Å². The maximum absolute atomic E-state index is 13.1.